The lowest BCUT2D eigenvalue weighted by atomic mass is 9.86. The van der Waals surface area contributed by atoms with Crippen LogP contribution in [-0.4, -0.2) is 18.4 Å². The van der Waals surface area contributed by atoms with Gasteiger partial charge in [0.1, 0.15) is 6.61 Å². The number of benzene rings is 2. The lowest BCUT2D eigenvalue weighted by molar-refractivity contribution is 0.140. The molecular formula is C24H30N2O. The van der Waals surface area contributed by atoms with Crippen LogP contribution in [0.2, 0.25) is 0 Å². The van der Waals surface area contributed by atoms with Crippen molar-refractivity contribution in [1.29, 1.82) is 0 Å². The number of nitrogens with zero attached hydrogens (tertiary/aromatic N) is 1. The summed E-state index contributed by atoms with van der Waals surface area (Å²) in [5.41, 5.74) is 13.0. The Bertz CT molecular complexity index is 784. The van der Waals surface area contributed by atoms with Crippen molar-refractivity contribution >= 4 is 5.71 Å². The van der Waals surface area contributed by atoms with Gasteiger partial charge < -0.3 is 10.6 Å². The van der Waals surface area contributed by atoms with E-state index in [0.717, 1.165) is 38.5 Å². The van der Waals surface area contributed by atoms with Crippen molar-refractivity contribution < 1.29 is 4.84 Å². The molecule has 0 spiro atoms. The lowest BCUT2D eigenvalue weighted by Crippen LogP contribution is -2.16. The predicted molar refractivity (Wildman–Crippen MR) is 111 cm³/mol. The number of rotatable bonds is 6. The molecule has 2 aliphatic carbocycles. The molecule has 1 saturated carbocycles. The molecule has 2 aromatic carbocycles. The Balaban J connectivity index is 1.27. The summed E-state index contributed by atoms with van der Waals surface area (Å²) in [4.78, 5) is 5.60. The molecule has 0 aromatic heterocycles. The van der Waals surface area contributed by atoms with Crippen LogP contribution in [0.25, 0.3) is 0 Å². The van der Waals surface area contributed by atoms with Gasteiger partial charge in [-0.1, -0.05) is 53.7 Å². The molecule has 2 N–H and O–H groups in total. The van der Waals surface area contributed by atoms with E-state index in [1.165, 1.54) is 40.8 Å². The third-order valence-corrected chi connectivity index (χ3v) is 5.99. The molecule has 2 atom stereocenters. The highest BCUT2D eigenvalue weighted by atomic mass is 16.6. The normalized spacial score (nSPS) is 23.4. The molecule has 3 nitrogen and oxygen atoms in total. The van der Waals surface area contributed by atoms with E-state index in [2.05, 4.69) is 53.7 Å². The van der Waals surface area contributed by atoms with Crippen molar-refractivity contribution in [3.05, 3.63) is 70.8 Å². The molecule has 1 fully saturated rings. The van der Waals surface area contributed by atoms with E-state index in [-0.39, 0.29) is 0 Å². The van der Waals surface area contributed by atoms with Crippen LogP contribution in [0.5, 0.6) is 0 Å². The zero-order chi connectivity index (χ0) is 18.5. The molecule has 2 aromatic rings. The molecule has 4 rings (SSSR count). The van der Waals surface area contributed by atoms with Gasteiger partial charge in [-0.05, 0) is 73.1 Å². The molecule has 0 amide bonds. The van der Waals surface area contributed by atoms with Gasteiger partial charge in [-0.2, -0.15) is 0 Å². The van der Waals surface area contributed by atoms with E-state index >= 15 is 0 Å². The van der Waals surface area contributed by atoms with Gasteiger partial charge in [0.25, 0.3) is 0 Å². The quantitative estimate of drug-likeness (QED) is 0.594. The number of hydrogen-bond donors (Lipinski definition) is 1. The molecule has 0 aliphatic heterocycles. The average molecular weight is 363 g/mol. The van der Waals surface area contributed by atoms with Crippen molar-refractivity contribution in [2.75, 3.05) is 6.61 Å². The van der Waals surface area contributed by atoms with Crippen molar-refractivity contribution in [2.24, 2.45) is 10.9 Å². The van der Waals surface area contributed by atoms with Crippen LogP contribution >= 0.6 is 0 Å². The Hall–Kier alpha value is -2.13. The fraction of sp³-hybridized carbons (Fsp3) is 0.458. The number of fused-ring (bicyclic) bond motifs is 1. The van der Waals surface area contributed by atoms with Crippen molar-refractivity contribution in [3.8, 4) is 0 Å². The minimum Gasteiger partial charge on any atom is -0.396 e. The summed E-state index contributed by atoms with van der Waals surface area (Å²) in [5.74, 6) is 0.660. The summed E-state index contributed by atoms with van der Waals surface area (Å²) in [6.45, 7) is 0.687. The van der Waals surface area contributed by atoms with Crippen LogP contribution in [0.4, 0.5) is 0 Å². The highest BCUT2D eigenvalue weighted by Gasteiger charge is 2.24. The number of hydrogen-bond acceptors (Lipinski definition) is 3. The van der Waals surface area contributed by atoms with Gasteiger partial charge in [-0.25, -0.2) is 0 Å². The summed E-state index contributed by atoms with van der Waals surface area (Å²) in [6, 6.07) is 18.0. The second-order valence-corrected chi connectivity index (χ2v) is 8.05. The highest BCUT2D eigenvalue weighted by molar-refractivity contribution is 5.88. The van der Waals surface area contributed by atoms with E-state index in [4.69, 9.17) is 10.6 Å². The van der Waals surface area contributed by atoms with Gasteiger partial charge >= 0.3 is 0 Å². The zero-order valence-corrected chi connectivity index (χ0v) is 16.1. The van der Waals surface area contributed by atoms with Gasteiger partial charge in [-0.15, -0.1) is 0 Å². The van der Waals surface area contributed by atoms with Crippen LogP contribution in [0.3, 0.4) is 0 Å². The Labute approximate surface area is 162 Å². The smallest absolute Gasteiger partial charge is 0.117 e. The Morgan fingerprint density at radius 3 is 2.70 bits per heavy atom. The van der Waals surface area contributed by atoms with E-state index in [1.54, 1.807) is 0 Å². The van der Waals surface area contributed by atoms with Crippen LogP contribution in [0, 0.1) is 0 Å². The van der Waals surface area contributed by atoms with Gasteiger partial charge in [0.15, 0.2) is 0 Å². The Morgan fingerprint density at radius 2 is 1.89 bits per heavy atom. The second kappa shape index (κ2) is 8.71. The van der Waals surface area contributed by atoms with Crippen molar-refractivity contribution in [2.45, 2.75) is 63.3 Å². The minimum absolute atomic E-state index is 0.392. The van der Waals surface area contributed by atoms with Crippen LogP contribution < -0.4 is 5.73 Å². The fourth-order valence-electron chi connectivity index (χ4n) is 4.41. The van der Waals surface area contributed by atoms with Crippen LogP contribution in [0.15, 0.2) is 53.7 Å². The van der Waals surface area contributed by atoms with Gasteiger partial charge in [0.2, 0.25) is 0 Å². The molecule has 142 valence electrons. The number of nitrogens with two attached hydrogens (primary N) is 1. The van der Waals surface area contributed by atoms with E-state index in [9.17, 15) is 0 Å². The molecular weight excluding hydrogens is 332 g/mol. The van der Waals surface area contributed by atoms with E-state index < -0.39 is 0 Å². The minimum atomic E-state index is 0.392. The fourth-order valence-corrected chi connectivity index (χ4v) is 4.41. The molecule has 2 unspecified atom stereocenters. The molecule has 27 heavy (non-hydrogen) atoms. The molecule has 0 heterocycles. The summed E-state index contributed by atoms with van der Waals surface area (Å²) in [5, 5.41) is 4.42. The van der Waals surface area contributed by atoms with Gasteiger partial charge in [-0.3, -0.25) is 0 Å². The Kier molecular flexibility index (Phi) is 5.88. The molecule has 2 aliphatic rings. The number of aryl methyl sites for hydroxylation is 2. The SMILES string of the molecule is NC1CCC(c2ccc3c(c2)CC/C(=N/OCCCc2ccccc2)C3)C1. The summed E-state index contributed by atoms with van der Waals surface area (Å²) in [7, 11) is 0. The third kappa shape index (κ3) is 4.78. The first-order valence-electron chi connectivity index (χ1n) is 10.4. The first-order valence-corrected chi connectivity index (χ1v) is 10.4. The standard InChI is InChI=1S/C24H30N2O/c25-23-12-10-21(16-23)19-8-9-22-17-24(13-11-20(22)15-19)26-27-14-4-7-18-5-2-1-3-6-18/h1-3,5-6,8-9,15,21,23H,4,7,10-14,16-17,25H2/b26-24-. The maximum Gasteiger partial charge on any atom is 0.117 e. The maximum absolute atomic E-state index is 6.09. The van der Waals surface area contributed by atoms with E-state index in [0.29, 0.717) is 18.6 Å². The van der Waals surface area contributed by atoms with Crippen molar-refractivity contribution in [3.63, 3.8) is 0 Å². The molecule has 3 heteroatoms. The first-order chi connectivity index (χ1) is 13.3. The average Bonchev–Trinajstić information content (AvgIpc) is 3.14. The summed E-state index contributed by atoms with van der Waals surface area (Å²) >= 11 is 0. The molecule has 0 bridgehead atoms. The molecule has 0 saturated heterocycles. The van der Waals surface area contributed by atoms with Crippen LogP contribution in [0.1, 0.15) is 60.3 Å². The van der Waals surface area contributed by atoms with Crippen molar-refractivity contribution in [1.82, 2.24) is 0 Å². The summed E-state index contributed by atoms with van der Waals surface area (Å²) < 4.78 is 0. The van der Waals surface area contributed by atoms with Crippen LogP contribution in [-0.2, 0) is 24.1 Å². The zero-order valence-electron chi connectivity index (χ0n) is 16.1. The third-order valence-electron chi connectivity index (χ3n) is 5.99. The monoisotopic (exact) mass is 362 g/mol. The summed E-state index contributed by atoms with van der Waals surface area (Å²) in [6.07, 6.45) is 8.62. The lowest BCUT2D eigenvalue weighted by Gasteiger charge is -2.20. The second-order valence-electron chi connectivity index (χ2n) is 8.05. The van der Waals surface area contributed by atoms with Gasteiger partial charge in [0, 0.05) is 12.5 Å². The topological polar surface area (TPSA) is 47.6 Å². The largest absolute Gasteiger partial charge is 0.396 e. The predicted octanol–water partition coefficient (Wildman–Crippen LogP) is 4.78. The van der Waals surface area contributed by atoms with E-state index in [1.807, 2.05) is 0 Å². The van der Waals surface area contributed by atoms with Gasteiger partial charge in [0.05, 0.1) is 5.71 Å². The highest BCUT2D eigenvalue weighted by Crippen LogP contribution is 2.35. The molecule has 0 radical (unpaired) electrons. The Morgan fingerprint density at radius 1 is 1.00 bits per heavy atom. The first kappa shape index (κ1) is 18.2. The maximum atomic E-state index is 6.09. The number of oxime groups is 1.